The lowest BCUT2D eigenvalue weighted by Crippen LogP contribution is -2.26. The number of anilines is 2. The van der Waals surface area contributed by atoms with Gasteiger partial charge in [-0.05, 0) is 69.5 Å². The second kappa shape index (κ2) is 7.77. The van der Waals surface area contributed by atoms with Gasteiger partial charge in [-0.3, -0.25) is 4.40 Å². The molecule has 1 aliphatic rings. The highest BCUT2D eigenvalue weighted by atomic mass is 19.3. The second-order valence-electron chi connectivity index (χ2n) is 8.81. The van der Waals surface area contributed by atoms with E-state index in [9.17, 15) is 13.2 Å². The predicted molar refractivity (Wildman–Crippen MR) is 121 cm³/mol. The van der Waals surface area contributed by atoms with Crippen molar-refractivity contribution in [2.24, 2.45) is 5.41 Å². The number of alkyl halides is 2. The number of aromatic nitrogens is 4. The van der Waals surface area contributed by atoms with Gasteiger partial charge in [-0.1, -0.05) is 17.9 Å². The highest BCUT2D eigenvalue weighted by molar-refractivity contribution is 5.94. The summed E-state index contributed by atoms with van der Waals surface area (Å²) in [6, 6.07) is 10.3. The molecular weight excluding hydrogens is 427 g/mol. The predicted octanol–water partition coefficient (Wildman–Crippen LogP) is 5.45. The minimum absolute atomic E-state index is 0.360. The lowest BCUT2D eigenvalue weighted by atomic mass is 9.92. The number of hydrogen-bond acceptors (Lipinski definition) is 4. The van der Waals surface area contributed by atoms with E-state index in [4.69, 9.17) is 4.98 Å². The summed E-state index contributed by atoms with van der Waals surface area (Å²) in [5.74, 6) is 7.05. The molecule has 5 nitrogen and oxygen atoms in total. The maximum atomic E-state index is 14.3. The average molecular weight is 449 g/mol. The van der Waals surface area contributed by atoms with Crippen LogP contribution in [0.2, 0.25) is 0 Å². The summed E-state index contributed by atoms with van der Waals surface area (Å²) in [7, 11) is 0. The SMILES string of the molecule is Cc1nnc2nc(N3CCCc4c(C#CC(C)(C)C(F)F)cccc43)c3cc(F)ccc3n12. The molecule has 0 fully saturated rings. The van der Waals surface area contributed by atoms with Gasteiger partial charge in [0, 0.05) is 23.2 Å². The van der Waals surface area contributed by atoms with Crippen molar-refractivity contribution in [2.45, 2.75) is 40.0 Å². The standard InChI is InChI=1S/C25H22F3N5/c1-15-30-31-24-29-22(19-14-17(26)9-10-21(19)33(15)24)32-13-5-7-18-16(6-4-8-20(18)32)11-12-25(2,3)23(27)28/h4,6,8-10,14,23H,5,7,13H2,1-3H3. The first-order valence-corrected chi connectivity index (χ1v) is 10.8. The van der Waals surface area contributed by atoms with E-state index >= 15 is 0 Å². The highest BCUT2D eigenvalue weighted by Gasteiger charge is 2.28. The van der Waals surface area contributed by atoms with Gasteiger partial charge in [0.2, 0.25) is 0 Å². The van der Waals surface area contributed by atoms with Gasteiger partial charge in [-0.15, -0.1) is 10.2 Å². The van der Waals surface area contributed by atoms with E-state index in [1.54, 1.807) is 10.5 Å². The molecule has 8 heteroatoms. The van der Waals surface area contributed by atoms with Crippen LogP contribution in [0.15, 0.2) is 36.4 Å². The van der Waals surface area contributed by atoms with Crippen molar-refractivity contribution in [1.29, 1.82) is 0 Å². The third-order valence-corrected chi connectivity index (χ3v) is 6.03. The van der Waals surface area contributed by atoms with Crippen molar-refractivity contribution in [1.82, 2.24) is 19.6 Å². The van der Waals surface area contributed by atoms with Crippen molar-refractivity contribution in [3.63, 3.8) is 0 Å². The summed E-state index contributed by atoms with van der Waals surface area (Å²) < 4.78 is 42.7. The van der Waals surface area contributed by atoms with Crippen molar-refractivity contribution in [3.05, 3.63) is 59.2 Å². The lowest BCUT2D eigenvalue weighted by Gasteiger charge is -2.32. The minimum atomic E-state index is -2.54. The fourth-order valence-electron chi connectivity index (χ4n) is 4.19. The van der Waals surface area contributed by atoms with Gasteiger partial charge in [-0.25, -0.2) is 13.2 Å². The van der Waals surface area contributed by atoms with E-state index in [0.29, 0.717) is 29.4 Å². The molecule has 3 heterocycles. The summed E-state index contributed by atoms with van der Waals surface area (Å²) >= 11 is 0. The molecule has 0 amide bonds. The number of benzene rings is 2. The largest absolute Gasteiger partial charge is 0.325 e. The molecule has 168 valence electrons. The lowest BCUT2D eigenvalue weighted by molar-refractivity contribution is 0.0570. The first kappa shape index (κ1) is 21.3. The maximum Gasteiger partial charge on any atom is 0.257 e. The zero-order chi connectivity index (χ0) is 23.3. The summed E-state index contributed by atoms with van der Waals surface area (Å²) in [5.41, 5.74) is 1.95. The maximum absolute atomic E-state index is 14.3. The third kappa shape index (κ3) is 3.58. The second-order valence-corrected chi connectivity index (χ2v) is 8.81. The zero-order valence-corrected chi connectivity index (χ0v) is 18.5. The molecular formula is C25H22F3N5. The van der Waals surface area contributed by atoms with Gasteiger partial charge in [0.05, 0.1) is 10.9 Å². The fourth-order valence-corrected chi connectivity index (χ4v) is 4.19. The van der Waals surface area contributed by atoms with Crippen molar-refractivity contribution in [3.8, 4) is 11.8 Å². The van der Waals surface area contributed by atoms with Gasteiger partial charge in [-0.2, -0.15) is 4.98 Å². The summed E-state index contributed by atoms with van der Waals surface area (Å²) in [4.78, 5) is 6.78. The van der Waals surface area contributed by atoms with Crippen LogP contribution < -0.4 is 4.90 Å². The molecule has 0 atom stereocenters. The number of halogens is 3. The number of aryl methyl sites for hydroxylation is 1. The quantitative estimate of drug-likeness (QED) is 0.382. The minimum Gasteiger partial charge on any atom is -0.325 e. The molecule has 2 aromatic heterocycles. The summed E-state index contributed by atoms with van der Waals surface area (Å²) in [6.07, 6.45) is -0.950. The van der Waals surface area contributed by atoms with E-state index in [2.05, 4.69) is 22.0 Å². The van der Waals surface area contributed by atoms with Crippen molar-refractivity contribution < 1.29 is 13.2 Å². The molecule has 0 aliphatic carbocycles. The smallest absolute Gasteiger partial charge is 0.257 e. The molecule has 0 bridgehead atoms. The Kier molecular flexibility index (Phi) is 5.00. The van der Waals surface area contributed by atoms with E-state index in [1.807, 2.05) is 30.0 Å². The first-order valence-electron chi connectivity index (χ1n) is 10.8. The number of nitrogens with zero attached hydrogens (tertiary/aromatic N) is 5. The Morgan fingerprint density at radius 1 is 1.12 bits per heavy atom. The van der Waals surface area contributed by atoms with Crippen molar-refractivity contribution in [2.75, 3.05) is 11.4 Å². The molecule has 33 heavy (non-hydrogen) atoms. The molecule has 5 rings (SSSR count). The Morgan fingerprint density at radius 3 is 2.73 bits per heavy atom. The van der Waals surface area contributed by atoms with Crippen molar-refractivity contribution >= 4 is 28.2 Å². The molecule has 1 aliphatic heterocycles. The van der Waals surface area contributed by atoms with Gasteiger partial charge in [0.1, 0.15) is 17.5 Å². The van der Waals surface area contributed by atoms with Crippen LogP contribution in [0.1, 0.15) is 37.2 Å². The van der Waals surface area contributed by atoms with Crippen LogP contribution >= 0.6 is 0 Å². The zero-order valence-electron chi connectivity index (χ0n) is 18.5. The van der Waals surface area contributed by atoms with E-state index < -0.39 is 11.8 Å². The van der Waals surface area contributed by atoms with E-state index in [1.165, 1.54) is 26.0 Å². The van der Waals surface area contributed by atoms with E-state index in [0.717, 1.165) is 35.2 Å². The fraction of sp³-hybridized carbons (Fsp3) is 0.320. The molecule has 0 saturated heterocycles. The Hall–Kier alpha value is -3.60. The molecule has 0 unspecified atom stereocenters. The Balaban J connectivity index is 1.70. The number of hydrogen-bond donors (Lipinski definition) is 0. The molecule has 0 radical (unpaired) electrons. The third-order valence-electron chi connectivity index (χ3n) is 6.03. The van der Waals surface area contributed by atoms with Crippen LogP contribution in [0, 0.1) is 30.0 Å². The first-order chi connectivity index (χ1) is 15.8. The molecule has 0 N–H and O–H groups in total. The summed E-state index contributed by atoms with van der Waals surface area (Å²) in [6.45, 7) is 5.37. The van der Waals surface area contributed by atoms with Gasteiger partial charge in [0.25, 0.3) is 12.2 Å². The molecule has 4 aromatic rings. The highest BCUT2D eigenvalue weighted by Crippen LogP contribution is 2.38. The Morgan fingerprint density at radius 2 is 1.94 bits per heavy atom. The molecule has 0 saturated carbocycles. The topological polar surface area (TPSA) is 46.3 Å². The van der Waals surface area contributed by atoms with Gasteiger partial charge < -0.3 is 4.90 Å². The number of fused-ring (bicyclic) bond motifs is 4. The molecule has 0 spiro atoms. The monoisotopic (exact) mass is 449 g/mol. The van der Waals surface area contributed by atoms with E-state index in [-0.39, 0.29) is 5.82 Å². The van der Waals surface area contributed by atoms with Crippen LogP contribution in [-0.4, -0.2) is 32.6 Å². The van der Waals surface area contributed by atoms with Gasteiger partial charge >= 0.3 is 0 Å². The van der Waals surface area contributed by atoms with Crippen LogP contribution in [0.5, 0.6) is 0 Å². The Bertz CT molecular complexity index is 1450. The van der Waals surface area contributed by atoms with Crippen LogP contribution in [0.3, 0.4) is 0 Å². The van der Waals surface area contributed by atoms with Crippen LogP contribution in [0.25, 0.3) is 16.7 Å². The molecule has 2 aromatic carbocycles. The normalized spacial score (nSPS) is 14.0. The summed E-state index contributed by atoms with van der Waals surface area (Å²) in [5, 5.41) is 8.96. The Labute approximate surface area is 189 Å². The van der Waals surface area contributed by atoms with Crippen LogP contribution in [0.4, 0.5) is 24.7 Å². The van der Waals surface area contributed by atoms with Gasteiger partial charge in [0.15, 0.2) is 0 Å². The number of rotatable bonds is 2. The average Bonchev–Trinajstić information content (AvgIpc) is 3.17. The van der Waals surface area contributed by atoms with Crippen LogP contribution in [-0.2, 0) is 6.42 Å².